The van der Waals surface area contributed by atoms with E-state index in [-0.39, 0.29) is 11.9 Å². The zero-order chi connectivity index (χ0) is 22.2. The molecule has 0 saturated carbocycles. The van der Waals surface area contributed by atoms with Crippen molar-refractivity contribution in [2.45, 2.75) is 19.5 Å². The highest BCUT2D eigenvalue weighted by atomic mass is 32.1. The van der Waals surface area contributed by atoms with Gasteiger partial charge in [0.2, 0.25) is 0 Å². The molecule has 32 heavy (non-hydrogen) atoms. The van der Waals surface area contributed by atoms with Crippen molar-refractivity contribution in [3.63, 3.8) is 0 Å². The average molecular weight is 447 g/mol. The van der Waals surface area contributed by atoms with Gasteiger partial charge >= 0.3 is 0 Å². The molecule has 2 N–H and O–H groups in total. The van der Waals surface area contributed by atoms with Crippen LogP contribution in [0.15, 0.2) is 54.9 Å². The number of pyridine rings is 1. The number of imidazole rings is 1. The van der Waals surface area contributed by atoms with Crippen LogP contribution in [0, 0.1) is 5.82 Å². The smallest absolute Gasteiger partial charge is 0.155 e. The number of anilines is 1. The second-order valence-corrected chi connectivity index (χ2v) is 8.77. The summed E-state index contributed by atoms with van der Waals surface area (Å²) in [6, 6.07) is 15.1. The van der Waals surface area contributed by atoms with Crippen molar-refractivity contribution in [2.75, 3.05) is 12.4 Å². The number of aromatic nitrogens is 4. The molecule has 162 valence electrons. The van der Waals surface area contributed by atoms with Gasteiger partial charge in [0.1, 0.15) is 32.2 Å². The molecule has 0 bridgehead atoms. The van der Waals surface area contributed by atoms with E-state index in [1.807, 2.05) is 18.7 Å². The van der Waals surface area contributed by atoms with Crippen LogP contribution in [0.2, 0.25) is 0 Å². The van der Waals surface area contributed by atoms with Gasteiger partial charge in [-0.2, -0.15) is 0 Å². The summed E-state index contributed by atoms with van der Waals surface area (Å²) >= 11 is 1.58. The molecule has 5 aromatic rings. The summed E-state index contributed by atoms with van der Waals surface area (Å²) in [7, 11) is 3.83. The highest BCUT2D eigenvalue weighted by Crippen LogP contribution is 2.35. The topological polar surface area (TPSA) is 67.7 Å². The lowest BCUT2D eigenvalue weighted by Crippen LogP contribution is -2.18. The van der Waals surface area contributed by atoms with Gasteiger partial charge in [0.25, 0.3) is 0 Å². The number of benzene rings is 2. The third-order valence-electron chi connectivity index (χ3n) is 5.60. The van der Waals surface area contributed by atoms with Gasteiger partial charge < -0.3 is 15.2 Å². The molecule has 0 fully saturated rings. The van der Waals surface area contributed by atoms with Crippen molar-refractivity contribution in [2.24, 2.45) is 7.05 Å². The van der Waals surface area contributed by atoms with Crippen molar-refractivity contribution in [1.82, 2.24) is 24.8 Å². The monoisotopic (exact) mass is 446 g/mol. The van der Waals surface area contributed by atoms with Crippen LogP contribution in [-0.2, 0) is 13.6 Å². The Kier molecular flexibility index (Phi) is 5.32. The fourth-order valence-corrected chi connectivity index (χ4v) is 4.75. The van der Waals surface area contributed by atoms with E-state index in [1.54, 1.807) is 29.8 Å². The third-order valence-corrected chi connectivity index (χ3v) is 6.60. The zero-order valence-electron chi connectivity index (χ0n) is 18.1. The van der Waals surface area contributed by atoms with Gasteiger partial charge in [-0.3, -0.25) is 0 Å². The second kappa shape index (κ2) is 8.29. The first-order chi connectivity index (χ1) is 15.5. The zero-order valence-corrected chi connectivity index (χ0v) is 18.9. The molecule has 0 radical (unpaired) electrons. The molecule has 5 rings (SSSR count). The number of rotatable bonds is 6. The molecule has 6 nitrogen and oxygen atoms in total. The van der Waals surface area contributed by atoms with E-state index in [1.165, 1.54) is 17.7 Å². The van der Waals surface area contributed by atoms with Crippen LogP contribution in [0.1, 0.15) is 24.1 Å². The maximum absolute atomic E-state index is 13.1. The number of hydrogen-bond donors (Lipinski definition) is 2. The molecule has 0 spiro atoms. The van der Waals surface area contributed by atoms with Gasteiger partial charge in [-0.1, -0.05) is 41.7 Å². The molecular weight excluding hydrogens is 423 g/mol. The normalized spacial score (nSPS) is 12.5. The Morgan fingerprint density at radius 1 is 1.09 bits per heavy atom. The summed E-state index contributed by atoms with van der Waals surface area (Å²) in [5.74, 6) is 0.542. The fraction of sp³-hybridized carbons (Fsp3) is 0.208. The molecule has 8 heteroatoms. The Balaban J connectivity index is 1.45. The third kappa shape index (κ3) is 3.72. The lowest BCUT2D eigenvalue weighted by molar-refractivity contribution is 0.573. The number of hydrogen-bond acceptors (Lipinski definition) is 6. The first-order valence-electron chi connectivity index (χ1n) is 10.4. The Morgan fingerprint density at radius 3 is 2.69 bits per heavy atom. The van der Waals surface area contributed by atoms with Crippen molar-refractivity contribution in [1.29, 1.82) is 0 Å². The Labute approximate surface area is 189 Å². The number of thiazole rings is 1. The number of nitrogens with one attached hydrogen (secondary N) is 2. The van der Waals surface area contributed by atoms with E-state index in [0.29, 0.717) is 6.54 Å². The van der Waals surface area contributed by atoms with Crippen LogP contribution in [0.4, 0.5) is 10.2 Å². The molecule has 0 amide bonds. The van der Waals surface area contributed by atoms with Crippen LogP contribution in [0.3, 0.4) is 0 Å². The summed E-state index contributed by atoms with van der Waals surface area (Å²) in [5, 5.41) is 7.58. The fourth-order valence-electron chi connectivity index (χ4n) is 3.81. The van der Waals surface area contributed by atoms with Crippen LogP contribution in [-0.4, -0.2) is 26.6 Å². The minimum Gasteiger partial charge on any atom is -0.371 e. The van der Waals surface area contributed by atoms with E-state index in [9.17, 15) is 4.39 Å². The molecule has 3 aromatic heterocycles. The number of halogens is 1. The lowest BCUT2D eigenvalue weighted by atomic mass is 10.0. The van der Waals surface area contributed by atoms with Gasteiger partial charge in [-0.15, -0.1) is 0 Å². The Bertz CT molecular complexity index is 1410. The van der Waals surface area contributed by atoms with Gasteiger partial charge in [0.15, 0.2) is 5.82 Å². The van der Waals surface area contributed by atoms with Gasteiger partial charge in [-0.25, -0.2) is 19.3 Å². The van der Waals surface area contributed by atoms with Gasteiger partial charge in [0, 0.05) is 32.2 Å². The minimum atomic E-state index is -0.218. The van der Waals surface area contributed by atoms with Crippen molar-refractivity contribution < 1.29 is 4.39 Å². The molecule has 0 saturated heterocycles. The van der Waals surface area contributed by atoms with E-state index in [0.717, 1.165) is 43.3 Å². The highest BCUT2D eigenvalue weighted by Gasteiger charge is 2.17. The predicted octanol–water partition coefficient (Wildman–Crippen LogP) is 5.28. The quantitative estimate of drug-likeness (QED) is 0.372. The maximum Gasteiger partial charge on any atom is 0.155 e. The molecule has 3 heterocycles. The van der Waals surface area contributed by atoms with Gasteiger partial charge in [0.05, 0.1) is 6.33 Å². The van der Waals surface area contributed by atoms with Crippen molar-refractivity contribution in [3.05, 3.63) is 71.8 Å². The first-order valence-corrected chi connectivity index (χ1v) is 11.2. The van der Waals surface area contributed by atoms with E-state index < -0.39 is 0 Å². The van der Waals surface area contributed by atoms with Crippen LogP contribution in [0.25, 0.3) is 32.0 Å². The summed E-state index contributed by atoms with van der Waals surface area (Å²) < 4.78 is 15.1. The molecular formula is C24H23FN6S. The molecule has 0 aliphatic carbocycles. The predicted molar refractivity (Wildman–Crippen MR) is 128 cm³/mol. The SMILES string of the molecule is CNc1nc2sc(-c3cccc(C(C)NCc4ccc(F)cc4)c3)nc2c2c1ncn2C. The highest BCUT2D eigenvalue weighted by molar-refractivity contribution is 7.21. The summed E-state index contributed by atoms with van der Waals surface area (Å²) in [4.78, 5) is 15.0. The van der Waals surface area contributed by atoms with Crippen LogP contribution >= 0.6 is 11.3 Å². The molecule has 1 unspecified atom stereocenters. The van der Waals surface area contributed by atoms with Crippen molar-refractivity contribution >= 4 is 38.5 Å². The van der Waals surface area contributed by atoms with E-state index in [2.05, 4.69) is 46.8 Å². The molecule has 2 aromatic carbocycles. The van der Waals surface area contributed by atoms with Crippen LogP contribution in [0.5, 0.6) is 0 Å². The average Bonchev–Trinajstić information content (AvgIpc) is 3.41. The summed E-state index contributed by atoms with van der Waals surface area (Å²) in [6.07, 6.45) is 1.79. The number of fused-ring (bicyclic) bond motifs is 3. The molecule has 0 aliphatic rings. The summed E-state index contributed by atoms with van der Waals surface area (Å²) in [6.45, 7) is 2.79. The molecule has 1 atom stereocenters. The van der Waals surface area contributed by atoms with Crippen molar-refractivity contribution in [3.8, 4) is 10.6 Å². The Morgan fingerprint density at radius 2 is 1.91 bits per heavy atom. The van der Waals surface area contributed by atoms with E-state index >= 15 is 0 Å². The first kappa shape index (κ1) is 20.5. The maximum atomic E-state index is 13.1. The second-order valence-electron chi connectivity index (χ2n) is 7.79. The lowest BCUT2D eigenvalue weighted by Gasteiger charge is -2.15. The largest absolute Gasteiger partial charge is 0.371 e. The Hall–Kier alpha value is -3.36. The minimum absolute atomic E-state index is 0.132. The number of nitrogens with zero attached hydrogens (tertiary/aromatic N) is 4. The number of aryl methyl sites for hydroxylation is 1. The van der Waals surface area contributed by atoms with E-state index in [4.69, 9.17) is 9.97 Å². The molecule has 0 aliphatic heterocycles. The van der Waals surface area contributed by atoms with Gasteiger partial charge in [-0.05, 0) is 36.2 Å². The summed E-state index contributed by atoms with van der Waals surface area (Å²) in [5.41, 5.74) is 5.94. The van der Waals surface area contributed by atoms with Crippen LogP contribution < -0.4 is 10.6 Å². The standard InChI is InChI=1S/C24H23FN6S/c1-14(27-12-15-7-9-18(25)10-8-15)16-5-4-6-17(11-16)23-29-20-21-19(28-13-31(21)3)22(26-2)30-24(20)32-23/h4-11,13-14,27H,12H2,1-3H3,(H,26,30).